The lowest BCUT2D eigenvalue weighted by molar-refractivity contribution is -0.139. The zero-order valence-electron chi connectivity index (χ0n) is 8.48. The van der Waals surface area contributed by atoms with Gasteiger partial charge in [0.1, 0.15) is 11.8 Å². The van der Waals surface area contributed by atoms with Crippen molar-refractivity contribution in [3.8, 4) is 0 Å². The molecule has 0 aromatic rings. The summed E-state index contributed by atoms with van der Waals surface area (Å²) in [6.07, 6.45) is 0. The average Bonchev–Trinajstić information content (AvgIpc) is 1.97. The molecule has 0 aliphatic heterocycles. The molecular formula is C8H15O5P. The maximum absolute atomic E-state index is 10.9. The van der Waals surface area contributed by atoms with Crippen LogP contribution in [-0.2, 0) is 14.1 Å². The molecule has 0 aliphatic carbocycles. The fourth-order valence-electron chi connectivity index (χ4n) is 0.449. The molecule has 0 saturated carbocycles. The minimum absolute atomic E-state index is 0.200. The number of carbonyl (C=O) groups excluding carboxylic acids is 1. The highest BCUT2D eigenvalue weighted by molar-refractivity contribution is 7.53. The third kappa shape index (κ3) is 3.62. The summed E-state index contributed by atoms with van der Waals surface area (Å²) in [5.74, 6) is -0.647. The van der Waals surface area contributed by atoms with Gasteiger partial charge in [0.25, 0.3) is 0 Å². The predicted molar refractivity (Wildman–Crippen MR) is 51.9 cm³/mol. The summed E-state index contributed by atoms with van der Waals surface area (Å²) < 4.78 is 15.6. The van der Waals surface area contributed by atoms with Gasteiger partial charge < -0.3 is 14.5 Å². The Hall–Kier alpha value is -0.640. The van der Waals surface area contributed by atoms with Crippen molar-refractivity contribution in [3.05, 3.63) is 12.2 Å². The van der Waals surface area contributed by atoms with Crippen LogP contribution in [-0.4, -0.2) is 27.5 Å². The minimum atomic E-state index is -4.26. The summed E-state index contributed by atoms with van der Waals surface area (Å²) in [6, 6.07) is 0. The van der Waals surface area contributed by atoms with Crippen molar-refractivity contribution in [2.75, 3.05) is 6.61 Å². The molecule has 0 spiro atoms. The third-order valence-corrected chi connectivity index (χ3v) is 3.40. The number of ether oxygens (including phenoxy) is 1. The fourth-order valence-corrected chi connectivity index (χ4v) is 0.682. The Bertz CT molecular complexity index is 288. The molecule has 14 heavy (non-hydrogen) atoms. The number of hydrogen-bond donors (Lipinski definition) is 2. The van der Waals surface area contributed by atoms with Gasteiger partial charge in [-0.3, -0.25) is 4.57 Å². The first-order valence-corrected chi connectivity index (χ1v) is 5.57. The van der Waals surface area contributed by atoms with E-state index in [0.29, 0.717) is 0 Å². The first-order valence-electron chi connectivity index (χ1n) is 3.96. The Morgan fingerprint density at radius 3 is 2.21 bits per heavy atom. The van der Waals surface area contributed by atoms with Crippen LogP contribution in [0.3, 0.4) is 0 Å². The predicted octanol–water partition coefficient (Wildman–Crippen LogP) is 1.06. The standard InChI is InChI=1S/C8H15O5P/c1-6(2)7(9)13-5-8(3,4)14(10,11)12/h1,5H2,2-4H3,(H2,10,11,12). The molecule has 0 radical (unpaired) electrons. The Labute approximate surface area is 82.9 Å². The van der Waals surface area contributed by atoms with Gasteiger partial charge in [-0.05, 0) is 20.8 Å². The molecule has 0 aliphatic rings. The molecule has 0 aromatic heterocycles. The van der Waals surface area contributed by atoms with Crippen LogP contribution in [0.1, 0.15) is 20.8 Å². The average molecular weight is 222 g/mol. The van der Waals surface area contributed by atoms with E-state index in [1.807, 2.05) is 0 Å². The van der Waals surface area contributed by atoms with E-state index in [9.17, 15) is 9.36 Å². The number of esters is 1. The van der Waals surface area contributed by atoms with E-state index in [4.69, 9.17) is 9.79 Å². The Morgan fingerprint density at radius 2 is 1.93 bits per heavy atom. The van der Waals surface area contributed by atoms with Crippen molar-refractivity contribution in [1.29, 1.82) is 0 Å². The summed E-state index contributed by atoms with van der Waals surface area (Å²) in [5.41, 5.74) is 0.200. The van der Waals surface area contributed by atoms with Gasteiger partial charge >= 0.3 is 13.6 Å². The molecule has 82 valence electrons. The highest BCUT2D eigenvalue weighted by Gasteiger charge is 2.39. The van der Waals surface area contributed by atoms with Crippen LogP contribution in [0.4, 0.5) is 0 Å². The van der Waals surface area contributed by atoms with E-state index < -0.39 is 18.7 Å². The number of rotatable bonds is 4. The maximum atomic E-state index is 10.9. The number of hydrogen-bond acceptors (Lipinski definition) is 3. The summed E-state index contributed by atoms with van der Waals surface area (Å²) in [7, 11) is -4.26. The van der Waals surface area contributed by atoms with Gasteiger partial charge in [-0.2, -0.15) is 0 Å². The van der Waals surface area contributed by atoms with Gasteiger partial charge in [-0.25, -0.2) is 4.79 Å². The lowest BCUT2D eigenvalue weighted by Gasteiger charge is -2.24. The van der Waals surface area contributed by atoms with Crippen LogP contribution >= 0.6 is 7.60 Å². The van der Waals surface area contributed by atoms with E-state index in [0.717, 1.165) is 0 Å². The van der Waals surface area contributed by atoms with E-state index in [1.54, 1.807) is 0 Å². The van der Waals surface area contributed by atoms with Gasteiger partial charge in [-0.15, -0.1) is 0 Å². The second-order valence-corrected chi connectivity index (χ2v) is 6.01. The van der Waals surface area contributed by atoms with Gasteiger partial charge in [-0.1, -0.05) is 6.58 Å². The van der Waals surface area contributed by atoms with Gasteiger partial charge in [0, 0.05) is 5.57 Å². The van der Waals surface area contributed by atoms with Crippen LogP contribution in [0.2, 0.25) is 0 Å². The number of carbonyl (C=O) groups is 1. The van der Waals surface area contributed by atoms with Crippen molar-refractivity contribution in [2.24, 2.45) is 0 Å². The molecule has 6 heteroatoms. The highest BCUT2D eigenvalue weighted by Crippen LogP contribution is 2.50. The summed E-state index contributed by atoms with van der Waals surface area (Å²) in [5, 5.41) is -1.36. The zero-order valence-corrected chi connectivity index (χ0v) is 9.38. The van der Waals surface area contributed by atoms with Gasteiger partial charge in [0.2, 0.25) is 0 Å². The Morgan fingerprint density at radius 1 is 1.50 bits per heavy atom. The van der Waals surface area contributed by atoms with E-state index in [-0.39, 0.29) is 12.2 Å². The SMILES string of the molecule is C=C(C)C(=O)OCC(C)(C)P(=O)(O)O. The van der Waals surface area contributed by atoms with E-state index in [1.165, 1.54) is 20.8 Å². The molecule has 0 bridgehead atoms. The third-order valence-electron chi connectivity index (χ3n) is 1.69. The molecule has 0 aromatic carbocycles. The largest absolute Gasteiger partial charge is 0.461 e. The Balaban J connectivity index is 4.34. The second-order valence-electron chi connectivity index (χ2n) is 3.71. The molecule has 0 amide bonds. The normalized spacial score (nSPS) is 12.4. The lowest BCUT2D eigenvalue weighted by atomic mass is 10.2. The van der Waals surface area contributed by atoms with Crippen LogP contribution in [0.25, 0.3) is 0 Å². The minimum Gasteiger partial charge on any atom is -0.461 e. The smallest absolute Gasteiger partial charge is 0.334 e. The van der Waals surface area contributed by atoms with Crippen LogP contribution in [0.5, 0.6) is 0 Å². The molecule has 5 nitrogen and oxygen atoms in total. The van der Waals surface area contributed by atoms with Crippen LogP contribution in [0.15, 0.2) is 12.2 Å². The quantitative estimate of drug-likeness (QED) is 0.422. The summed E-state index contributed by atoms with van der Waals surface area (Å²) >= 11 is 0. The first kappa shape index (κ1) is 13.4. The molecule has 0 rings (SSSR count). The van der Waals surface area contributed by atoms with Gasteiger partial charge in [0.05, 0.1) is 0 Å². The lowest BCUT2D eigenvalue weighted by Crippen LogP contribution is -2.28. The van der Waals surface area contributed by atoms with Crippen molar-refractivity contribution in [2.45, 2.75) is 25.9 Å². The molecule has 0 atom stereocenters. The van der Waals surface area contributed by atoms with Crippen molar-refractivity contribution < 1.29 is 23.9 Å². The van der Waals surface area contributed by atoms with Gasteiger partial charge in [0.15, 0.2) is 0 Å². The van der Waals surface area contributed by atoms with Crippen molar-refractivity contribution >= 4 is 13.6 Å². The second kappa shape index (κ2) is 4.26. The fraction of sp³-hybridized carbons (Fsp3) is 0.625. The summed E-state index contributed by atoms with van der Waals surface area (Å²) in [6.45, 7) is 7.15. The van der Waals surface area contributed by atoms with Crippen LogP contribution in [0, 0.1) is 0 Å². The molecule has 0 unspecified atom stereocenters. The van der Waals surface area contributed by atoms with Crippen LogP contribution < -0.4 is 0 Å². The molecular weight excluding hydrogens is 207 g/mol. The first-order chi connectivity index (χ1) is 6.08. The van der Waals surface area contributed by atoms with E-state index in [2.05, 4.69) is 11.3 Å². The highest BCUT2D eigenvalue weighted by atomic mass is 31.2. The topological polar surface area (TPSA) is 83.8 Å². The Kier molecular flexibility index (Phi) is 4.06. The monoisotopic (exact) mass is 222 g/mol. The molecule has 2 N–H and O–H groups in total. The maximum Gasteiger partial charge on any atom is 0.334 e. The molecule has 0 heterocycles. The van der Waals surface area contributed by atoms with Crippen molar-refractivity contribution in [1.82, 2.24) is 0 Å². The summed E-state index contributed by atoms with van der Waals surface area (Å²) in [4.78, 5) is 28.7. The van der Waals surface area contributed by atoms with E-state index >= 15 is 0 Å². The molecule has 0 fully saturated rings. The molecule has 0 saturated heterocycles. The zero-order chi connectivity index (χ0) is 11.6. The van der Waals surface area contributed by atoms with Crippen molar-refractivity contribution in [3.63, 3.8) is 0 Å².